The van der Waals surface area contributed by atoms with Crippen LogP contribution in [-0.4, -0.2) is 6.09 Å². The van der Waals surface area contributed by atoms with Crippen LogP contribution in [0.3, 0.4) is 0 Å². The van der Waals surface area contributed by atoms with Crippen molar-refractivity contribution in [1.82, 2.24) is 0 Å². The minimum Gasteiger partial charge on any atom is -0.444 e. The quantitative estimate of drug-likeness (QED) is 0.929. The van der Waals surface area contributed by atoms with Gasteiger partial charge >= 0.3 is 6.09 Å². The van der Waals surface area contributed by atoms with Crippen molar-refractivity contribution in [2.75, 3.05) is 5.32 Å². The van der Waals surface area contributed by atoms with Crippen molar-refractivity contribution in [3.8, 4) is 6.07 Å². The first-order chi connectivity index (χ1) is 9.69. The summed E-state index contributed by atoms with van der Waals surface area (Å²) in [6.45, 7) is 0.121. The Kier molecular flexibility index (Phi) is 4.30. The molecule has 0 saturated carbocycles. The first-order valence-corrected chi connectivity index (χ1v) is 5.86. The van der Waals surface area contributed by atoms with Crippen molar-refractivity contribution in [3.05, 3.63) is 65.5 Å². The standard InChI is InChI=1S/C15H11FN2O2/c16-13-6-7-14(12(8-13)9-17)18-15(19)20-10-11-4-2-1-3-5-11/h1-8H,10H2,(H,18,19). The van der Waals surface area contributed by atoms with Crippen LogP contribution in [0.2, 0.25) is 0 Å². The van der Waals surface area contributed by atoms with E-state index in [1.807, 2.05) is 30.3 Å². The second-order valence-electron chi connectivity index (χ2n) is 3.99. The van der Waals surface area contributed by atoms with Crippen LogP contribution in [0, 0.1) is 17.1 Å². The van der Waals surface area contributed by atoms with Gasteiger partial charge in [0, 0.05) is 0 Å². The summed E-state index contributed by atoms with van der Waals surface area (Å²) in [6.07, 6.45) is -0.697. The smallest absolute Gasteiger partial charge is 0.411 e. The van der Waals surface area contributed by atoms with Gasteiger partial charge < -0.3 is 4.74 Å². The van der Waals surface area contributed by atoms with E-state index in [-0.39, 0.29) is 17.9 Å². The van der Waals surface area contributed by atoms with Crippen molar-refractivity contribution in [2.24, 2.45) is 0 Å². The van der Waals surface area contributed by atoms with E-state index in [0.717, 1.165) is 17.7 Å². The highest BCUT2D eigenvalue weighted by Gasteiger charge is 2.08. The predicted octanol–water partition coefficient (Wildman–Crippen LogP) is 3.45. The molecule has 0 heterocycles. The Hall–Kier alpha value is -2.87. The summed E-state index contributed by atoms with van der Waals surface area (Å²) in [5.74, 6) is -0.537. The second kappa shape index (κ2) is 6.34. The molecule has 1 N–H and O–H groups in total. The van der Waals surface area contributed by atoms with Gasteiger partial charge in [0.15, 0.2) is 0 Å². The number of carbonyl (C=O) groups excluding carboxylic acids is 1. The summed E-state index contributed by atoms with van der Waals surface area (Å²) >= 11 is 0. The van der Waals surface area contributed by atoms with E-state index < -0.39 is 11.9 Å². The Balaban J connectivity index is 1.97. The zero-order valence-electron chi connectivity index (χ0n) is 10.5. The summed E-state index contributed by atoms with van der Waals surface area (Å²) in [4.78, 5) is 11.6. The summed E-state index contributed by atoms with van der Waals surface area (Å²) in [7, 11) is 0. The molecule has 0 fully saturated rings. The second-order valence-corrected chi connectivity index (χ2v) is 3.99. The van der Waals surface area contributed by atoms with Gasteiger partial charge in [0.2, 0.25) is 0 Å². The Morgan fingerprint density at radius 1 is 1.25 bits per heavy atom. The topological polar surface area (TPSA) is 62.1 Å². The van der Waals surface area contributed by atoms with Crippen molar-refractivity contribution < 1.29 is 13.9 Å². The maximum absolute atomic E-state index is 12.9. The Morgan fingerprint density at radius 3 is 2.70 bits per heavy atom. The SMILES string of the molecule is N#Cc1cc(F)ccc1NC(=O)OCc1ccccc1. The van der Waals surface area contributed by atoms with E-state index in [0.29, 0.717) is 0 Å². The average molecular weight is 270 g/mol. The average Bonchev–Trinajstić information content (AvgIpc) is 2.48. The molecule has 2 aromatic rings. The minimum absolute atomic E-state index is 0.0432. The van der Waals surface area contributed by atoms with Gasteiger partial charge in [-0.15, -0.1) is 0 Å². The number of amides is 1. The zero-order chi connectivity index (χ0) is 14.4. The number of carbonyl (C=O) groups is 1. The molecule has 1 amide bonds. The van der Waals surface area contributed by atoms with Crippen LogP contribution in [0.1, 0.15) is 11.1 Å². The number of hydrogen-bond acceptors (Lipinski definition) is 3. The number of benzene rings is 2. The van der Waals surface area contributed by atoms with Gasteiger partial charge in [-0.25, -0.2) is 9.18 Å². The zero-order valence-corrected chi connectivity index (χ0v) is 10.5. The van der Waals surface area contributed by atoms with Crippen molar-refractivity contribution >= 4 is 11.8 Å². The maximum atomic E-state index is 12.9. The summed E-state index contributed by atoms with van der Waals surface area (Å²) in [5.41, 5.74) is 1.11. The highest BCUT2D eigenvalue weighted by molar-refractivity contribution is 5.86. The molecule has 0 saturated heterocycles. The normalized spacial score (nSPS) is 9.60. The lowest BCUT2D eigenvalue weighted by Crippen LogP contribution is -2.14. The predicted molar refractivity (Wildman–Crippen MR) is 71.4 cm³/mol. The Labute approximate surface area is 115 Å². The fraction of sp³-hybridized carbons (Fsp3) is 0.0667. The van der Waals surface area contributed by atoms with Crippen LogP contribution in [0.15, 0.2) is 48.5 Å². The molecule has 0 aliphatic rings. The highest BCUT2D eigenvalue weighted by atomic mass is 19.1. The van der Waals surface area contributed by atoms with E-state index in [2.05, 4.69) is 5.32 Å². The summed E-state index contributed by atoms with van der Waals surface area (Å²) in [5, 5.41) is 11.3. The number of hydrogen-bond donors (Lipinski definition) is 1. The Bertz CT molecular complexity index is 651. The fourth-order valence-electron chi connectivity index (χ4n) is 1.59. The lowest BCUT2D eigenvalue weighted by Gasteiger charge is -2.08. The molecule has 2 aromatic carbocycles. The van der Waals surface area contributed by atoms with E-state index in [1.54, 1.807) is 6.07 Å². The number of ether oxygens (including phenoxy) is 1. The molecular weight excluding hydrogens is 259 g/mol. The van der Waals surface area contributed by atoms with Crippen LogP contribution in [0.25, 0.3) is 0 Å². The van der Waals surface area contributed by atoms with Gasteiger partial charge in [-0.1, -0.05) is 30.3 Å². The first-order valence-electron chi connectivity index (χ1n) is 5.86. The molecule has 0 aliphatic carbocycles. The van der Waals surface area contributed by atoms with Crippen LogP contribution < -0.4 is 5.32 Å². The van der Waals surface area contributed by atoms with Crippen LogP contribution in [0.4, 0.5) is 14.9 Å². The largest absolute Gasteiger partial charge is 0.444 e. The lowest BCUT2D eigenvalue weighted by molar-refractivity contribution is 0.155. The molecular formula is C15H11FN2O2. The highest BCUT2D eigenvalue weighted by Crippen LogP contribution is 2.16. The number of nitrogens with zero attached hydrogens (tertiary/aromatic N) is 1. The number of nitriles is 1. The molecule has 0 bridgehead atoms. The van der Waals surface area contributed by atoms with Gasteiger partial charge in [0.25, 0.3) is 0 Å². The number of anilines is 1. The van der Waals surface area contributed by atoms with E-state index >= 15 is 0 Å². The molecule has 4 nitrogen and oxygen atoms in total. The molecule has 100 valence electrons. The molecule has 2 rings (SSSR count). The van der Waals surface area contributed by atoms with Gasteiger partial charge in [-0.3, -0.25) is 5.32 Å². The molecule has 0 spiro atoms. The molecule has 0 aromatic heterocycles. The van der Waals surface area contributed by atoms with Crippen LogP contribution in [-0.2, 0) is 11.3 Å². The van der Waals surface area contributed by atoms with Gasteiger partial charge in [0.05, 0.1) is 11.3 Å². The number of rotatable bonds is 3. The first kappa shape index (κ1) is 13.6. The third-order valence-electron chi connectivity index (χ3n) is 2.55. The van der Waals surface area contributed by atoms with Crippen molar-refractivity contribution in [2.45, 2.75) is 6.61 Å². The Morgan fingerprint density at radius 2 is 2.00 bits per heavy atom. The molecule has 0 atom stereocenters. The third kappa shape index (κ3) is 3.56. The molecule has 0 aliphatic heterocycles. The van der Waals surface area contributed by atoms with Gasteiger partial charge in [-0.2, -0.15) is 5.26 Å². The van der Waals surface area contributed by atoms with Gasteiger partial charge in [-0.05, 0) is 23.8 Å². The minimum atomic E-state index is -0.697. The monoisotopic (exact) mass is 270 g/mol. The summed E-state index contributed by atoms with van der Waals surface area (Å²) < 4.78 is 18.0. The van der Waals surface area contributed by atoms with Gasteiger partial charge in [0.1, 0.15) is 18.5 Å². The molecule has 5 heteroatoms. The maximum Gasteiger partial charge on any atom is 0.411 e. The summed E-state index contributed by atoms with van der Waals surface area (Å²) in [6, 6.07) is 14.5. The van der Waals surface area contributed by atoms with Crippen molar-refractivity contribution in [1.29, 1.82) is 5.26 Å². The number of halogens is 1. The van der Waals surface area contributed by atoms with E-state index in [4.69, 9.17) is 10.00 Å². The molecule has 0 unspecified atom stereocenters. The van der Waals surface area contributed by atoms with E-state index in [9.17, 15) is 9.18 Å². The lowest BCUT2D eigenvalue weighted by atomic mass is 10.2. The van der Waals surface area contributed by atoms with Crippen LogP contribution >= 0.6 is 0 Å². The van der Waals surface area contributed by atoms with Crippen molar-refractivity contribution in [3.63, 3.8) is 0 Å². The molecule has 0 radical (unpaired) electrons. The fourth-order valence-corrected chi connectivity index (χ4v) is 1.59. The van der Waals surface area contributed by atoms with E-state index in [1.165, 1.54) is 6.07 Å². The van der Waals surface area contributed by atoms with Crippen LogP contribution in [0.5, 0.6) is 0 Å². The number of nitrogens with one attached hydrogen (secondary N) is 1. The molecule has 20 heavy (non-hydrogen) atoms. The third-order valence-corrected chi connectivity index (χ3v) is 2.55.